The van der Waals surface area contributed by atoms with Gasteiger partial charge in [0.1, 0.15) is 17.0 Å². The summed E-state index contributed by atoms with van der Waals surface area (Å²) in [6, 6.07) is 11.5. The molecular formula is C19H19N5O. The molecule has 0 spiro atoms. The first kappa shape index (κ1) is 14.6. The highest BCUT2D eigenvalue weighted by molar-refractivity contribution is 5.93. The Morgan fingerprint density at radius 2 is 1.84 bits per heavy atom. The van der Waals surface area contributed by atoms with Crippen molar-refractivity contribution >= 4 is 11.6 Å². The highest BCUT2D eigenvalue weighted by atomic mass is 16.2. The van der Waals surface area contributed by atoms with Gasteiger partial charge in [-0.15, -0.1) is 0 Å². The molecule has 0 aliphatic carbocycles. The number of hydrogen-bond acceptors (Lipinski definition) is 4. The molecule has 126 valence electrons. The van der Waals surface area contributed by atoms with Gasteiger partial charge in [-0.1, -0.05) is 12.1 Å². The first-order chi connectivity index (χ1) is 12.3. The molecule has 2 unspecified atom stereocenters. The summed E-state index contributed by atoms with van der Waals surface area (Å²) in [4.78, 5) is 24.0. The summed E-state index contributed by atoms with van der Waals surface area (Å²) < 4.78 is 1.96. The van der Waals surface area contributed by atoms with Crippen molar-refractivity contribution in [3.05, 3.63) is 54.5 Å². The number of carbonyl (C=O) groups excluding carboxylic acids is 1. The van der Waals surface area contributed by atoms with Crippen molar-refractivity contribution in [1.29, 1.82) is 0 Å². The summed E-state index contributed by atoms with van der Waals surface area (Å²) >= 11 is 0. The van der Waals surface area contributed by atoms with Crippen molar-refractivity contribution in [3.63, 3.8) is 0 Å². The van der Waals surface area contributed by atoms with E-state index in [0.29, 0.717) is 17.5 Å². The fourth-order valence-electron chi connectivity index (χ4n) is 3.94. The third-order valence-electron chi connectivity index (χ3n) is 5.27. The van der Waals surface area contributed by atoms with Gasteiger partial charge < -0.3 is 14.6 Å². The molecule has 2 atom stereocenters. The number of nitrogens with zero attached hydrogens (tertiary/aromatic N) is 4. The molecule has 1 amide bonds. The highest BCUT2D eigenvalue weighted by Crippen LogP contribution is 2.27. The van der Waals surface area contributed by atoms with Gasteiger partial charge in [0.25, 0.3) is 5.91 Å². The van der Waals surface area contributed by atoms with Gasteiger partial charge >= 0.3 is 0 Å². The molecule has 5 heterocycles. The fourth-order valence-corrected chi connectivity index (χ4v) is 3.94. The smallest absolute Gasteiger partial charge is 0.272 e. The van der Waals surface area contributed by atoms with Gasteiger partial charge in [-0.2, -0.15) is 0 Å². The van der Waals surface area contributed by atoms with Crippen molar-refractivity contribution in [3.8, 4) is 11.4 Å². The van der Waals surface area contributed by atoms with Gasteiger partial charge in [0, 0.05) is 38.6 Å². The van der Waals surface area contributed by atoms with Crippen LogP contribution in [0.25, 0.3) is 17.0 Å². The molecule has 1 N–H and O–H groups in total. The number of pyridine rings is 2. The van der Waals surface area contributed by atoms with Crippen LogP contribution in [0.1, 0.15) is 10.5 Å². The maximum absolute atomic E-state index is 12.9. The topological polar surface area (TPSA) is 62.5 Å². The Bertz CT molecular complexity index is 905. The second-order valence-electron chi connectivity index (χ2n) is 6.89. The van der Waals surface area contributed by atoms with Crippen LogP contribution in [-0.4, -0.2) is 51.4 Å². The average molecular weight is 333 g/mol. The Hall–Kier alpha value is -2.73. The lowest BCUT2D eigenvalue weighted by molar-refractivity contribution is 0.0776. The predicted octanol–water partition coefficient (Wildman–Crippen LogP) is 1.69. The molecule has 6 nitrogen and oxygen atoms in total. The SMILES string of the molecule is O=C(c1cccc(-c2cn3ccccc3n2)n1)N1CC2CNCC2C1. The molecule has 6 heteroatoms. The lowest BCUT2D eigenvalue weighted by atomic mass is 10.0. The number of imidazole rings is 1. The maximum atomic E-state index is 12.9. The van der Waals surface area contributed by atoms with Crippen molar-refractivity contribution in [2.75, 3.05) is 26.2 Å². The summed E-state index contributed by atoms with van der Waals surface area (Å²) in [6.07, 6.45) is 3.90. The van der Waals surface area contributed by atoms with Crippen molar-refractivity contribution < 1.29 is 4.79 Å². The van der Waals surface area contributed by atoms with Crippen LogP contribution in [0.15, 0.2) is 48.8 Å². The highest BCUT2D eigenvalue weighted by Gasteiger charge is 2.38. The van der Waals surface area contributed by atoms with Gasteiger partial charge in [0.2, 0.25) is 0 Å². The fraction of sp³-hybridized carbons (Fsp3) is 0.316. The Labute approximate surface area is 145 Å². The molecule has 5 rings (SSSR count). The first-order valence-electron chi connectivity index (χ1n) is 8.69. The molecule has 2 saturated heterocycles. The predicted molar refractivity (Wildman–Crippen MR) is 94.2 cm³/mol. The number of likely N-dealkylation sites (tertiary alicyclic amines) is 1. The van der Waals surface area contributed by atoms with E-state index in [2.05, 4.69) is 15.3 Å². The van der Waals surface area contributed by atoms with E-state index < -0.39 is 0 Å². The first-order valence-corrected chi connectivity index (χ1v) is 8.69. The minimum atomic E-state index is 0.0278. The van der Waals surface area contributed by atoms with E-state index in [9.17, 15) is 4.79 Å². The second-order valence-corrected chi connectivity index (χ2v) is 6.89. The molecule has 25 heavy (non-hydrogen) atoms. The Balaban J connectivity index is 1.43. The van der Waals surface area contributed by atoms with E-state index in [-0.39, 0.29) is 5.91 Å². The van der Waals surface area contributed by atoms with Gasteiger partial charge in [-0.3, -0.25) is 4.79 Å². The minimum absolute atomic E-state index is 0.0278. The summed E-state index contributed by atoms with van der Waals surface area (Å²) in [5, 5.41) is 3.40. The van der Waals surface area contributed by atoms with Gasteiger partial charge in [0.15, 0.2) is 0 Å². The number of aromatic nitrogens is 3. The number of rotatable bonds is 2. The largest absolute Gasteiger partial charge is 0.337 e. The number of nitrogens with one attached hydrogen (secondary N) is 1. The van der Waals surface area contributed by atoms with Crippen LogP contribution >= 0.6 is 0 Å². The Morgan fingerprint density at radius 3 is 2.64 bits per heavy atom. The maximum Gasteiger partial charge on any atom is 0.272 e. The third kappa shape index (κ3) is 2.49. The quantitative estimate of drug-likeness (QED) is 0.775. The Morgan fingerprint density at radius 1 is 1.00 bits per heavy atom. The number of carbonyl (C=O) groups is 1. The number of hydrogen-bond donors (Lipinski definition) is 1. The van der Waals surface area contributed by atoms with Crippen LogP contribution in [0.4, 0.5) is 0 Å². The second kappa shape index (κ2) is 5.67. The van der Waals surface area contributed by atoms with E-state index in [1.54, 1.807) is 6.07 Å². The molecule has 0 bridgehead atoms. The standard InChI is InChI=1S/C19H19N5O/c25-19(24-10-13-8-20-9-14(13)11-24)16-5-3-4-15(21-16)17-12-23-7-2-1-6-18(23)22-17/h1-7,12-14,20H,8-11H2. The van der Waals surface area contributed by atoms with Crippen LogP contribution in [0.5, 0.6) is 0 Å². The monoisotopic (exact) mass is 333 g/mol. The lowest BCUT2D eigenvalue weighted by Crippen LogP contribution is -2.32. The summed E-state index contributed by atoms with van der Waals surface area (Å²) in [5.41, 5.74) is 2.89. The molecule has 0 aromatic carbocycles. The van der Waals surface area contributed by atoms with Gasteiger partial charge in [-0.05, 0) is 36.1 Å². The van der Waals surface area contributed by atoms with Crippen molar-refractivity contribution in [1.82, 2.24) is 24.6 Å². The van der Waals surface area contributed by atoms with Crippen LogP contribution in [0.3, 0.4) is 0 Å². The van der Waals surface area contributed by atoms with E-state index >= 15 is 0 Å². The van der Waals surface area contributed by atoms with E-state index in [1.165, 1.54) is 0 Å². The van der Waals surface area contributed by atoms with Crippen LogP contribution < -0.4 is 5.32 Å². The summed E-state index contributed by atoms with van der Waals surface area (Å²) in [6.45, 7) is 3.69. The zero-order valence-corrected chi connectivity index (χ0v) is 13.8. The van der Waals surface area contributed by atoms with E-state index in [0.717, 1.165) is 43.2 Å². The summed E-state index contributed by atoms with van der Waals surface area (Å²) in [5.74, 6) is 1.20. The van der Waals surface area contributed by atoms with Gasteiger partial charge in [0.05, 0.1) is 5.69 Å². The number of amides is 1. The molecule has 3 aromatic heterocycles. The molecular weight excluding hydrogens is 314 g/mol. The van der Waals surface area contributed by atoms with E-state index in [4.69, 9.17) is 0 Å². The molecule has 0 saturated carbocycles. The van der Waals surface area contributed by atoms with Crippen LogP contribution in [0.2, 0.25) is 0 Å². The zero-order valence-electron chi connectivity index (χ0n) is 13.8. The molecule has 2 aliphatic rings. The minimum Gasteiger partial charge on any atom is -0.337 e. The Kier molecular flexibility index (Phi) is 3.31. The molecule has 2 fully saturated rings. The summed E-state index contributed by atoms with van der Waals surface area (Å²) in [7, 11) is 0. The number of fused-ring (bicyclic) bond motifs is 2. The van der Waals surface area contributed by atoms with Crippen LogP contribution in [0, 0.1) is 11.8 Å². The van der Waals surface area contributed by atoms with E-state index in [1.807, 2.05) is 52.0 Å². The van der Waals surface area contributed by atoms with Crippen molar-refractivity contribution in [2.45, 2.75) is 0 Å². The molecule has 2 aliphatic heterocycles. The molecule has 3 aromatic rings. The lowest BCUT2D eigenvalue weighted by Gasteiger charge is -2.17. The molecule has 0 radical (unpaired) electrons. The average Bonchev–Trinajstić information content (AvgIpc) is 3.34. The normalized spacial score (nSPS) is 22.5. The van der Waals surface area contributed by atoms with Crippen LogP contribution in [-0.2, 0) is 0 Å². The van der Waals surface area contributed by atoms with Crippen molar-refractivity contribution in [2.24, 2.45) is 11.8 Å². The zero-order chi connectivity index (χ0) is 16.8. The third-order valence-corrected chi connectivity index (χ3v) is 5.27. The van der Waals surface area contributed by atoms with Gasteiger partial charge in [-0.25, -0.2) is 9.97 Å².